The van der Waals surface area contributed by atoms with Crippen LogP contribution in [0.4, 0.5) is 0 Å². The number of hydrogen-bond donors (Lipinski definition) is 0. The molecule has 0 heterocycles. The largest absolute Gasteiger partial charge is 0.486 e. The highest BCUT2D eigenvalue weighted by Gasteiger charge is 2.11. The van der Waals surface area contributed by atoms with Crippen LogP contribution in [0.3, 0.4) is 0 Å². The van der Waals surface area contributed by atoms with E-state index in [1.54, 1.807) is 0 Å². The van der Waals surface area contributed by atoms with Crippen LogP contribution < -0.4 is 4.74 Å². The van der Waals surface area contributed by atoms with Crippen LogP contribution in [0.2, 0.25) is 0 Å². The highest BCUT2D eigenvalue weighted by atomic mass is 79.9. The van der Waals surface area contributed by atoms with E-state index in [-0.39, 0.29) is 12.4 Å². The van der Waals surface area contributed by atoms with Gasteiger partial charge in [0, 0.05) is 10.9 Å². The predicted octanol–water partition coefficient (Wildman–Crippen LogP) is 4.76. The maximum Gasteiger partial charge on any atom is 0.174 e. The molecule has 0 aliphatic rings. The zero-order valence-electron chi connectivity index (χ0n) is 12.3. The summed E-state index contributed by atoms with van der Waals surface area (Å²) in [5.74, 6) is 1.22. The van der Waals surface area contributed by atoms with Crippen LogP contribution in [0.5, 0.6) is 5.75 Å². The number of hydrogen-bond acceptors (Lipinski definition) is 2. The standard InChI is InChI=1S/C18H19BrO2/c1-13(2)17-11-15(19)8-9-18(17)21-12-16(20)10-14-6-4-3-5-7-14/h3-9,11,13H,10,12H2,1-2H3. The van der Waals surface area contributed by atoms with Crippen molar-refractivity contribution in [3.05, 3.63) is 64.1 Å². The summed E-state index contributed by atoms with van der Waals surface area (Å²) in [5, 5.41) is 0. The average Bonchev–Trinajstić information content (AvgIpc) is 2.47. The molecule has 0 unspecified atom stereocenters. The predicted molar refractivity (Wildman–Crippen MR) is 88.9 cm³/mol. The Hall–Kier alpha value is -1.61. The molecule has 0 saturated heterocycles. The van der Waals surface area contributed by atoms with E-state index in [2.05, 4.69) is 29.8 Å². The summed E-state index contributed by atoms with van der Waals surface area (Å²) in [6.45, 7) is 4.33. The van der Waals surface area contributed by atoms with Gasteiger partial charge in [0.05, 0.1) is 0 Å². The van der Waals surface area contributed by atoms with Gasteiger partial charge in [0.1, 0.15) is 12.4 Å². The number of rotatable bonds is 6. The zero-order valence-corrected chi connectivity index (χ0v) is 13.9. The molecule has 0 fully saturated rings. The maximum atomic E-state index is 12.0. The van der Waals surface area contributed by atoms with Crippen LogP contribution in [0.25, 0.3) is 0 Å². The molecule has 0 aromatic heterocycles. The second kappa shape index (κ2) is 7.41. The highest BCUT2D eigenvalue weighted by Crippen LogP contribution is 2.29. The third kappa shape index (κ3) is 4.71. The Balaban J connectivity index is 1.98. The maximum absolute atomic E-state index is 12.0. The van der Waals surface area contributed by atoms with E-state index in [0.29, 0.717) is 12.3 Å². The van der Waals surface area contributed by atoms with Crippen LogP contribution in [0.1, 0.15) is 30.9 Å². The van der Waals surface area contributed by atoms with Gasteiger partial charge in [-0.15, -0.1) is 0 Å². The lowest BCUT2D eigenvalue weighted by Crippen LogP contribution is -2.14. The molecule has 2 rings (SSSR count). The third-order valence-corrected chi connectivity index (χ3v) is 3.72. The highest BCUT2D eigenvalue weighted by molar-refractivity contribution is 9.10. The summed E-state index contributed by atoms with van der Waals surface area (Å²) in [5.41, 5.74) is 2.13. The zero-order chi connectivity index (χ0) is 15.2. The van der Waals surface area contributed by atoms with Crippen molar-refractivity contribution >= 4 is 21.7 Å². The first-order valence-electron chi connectivity index (χ1n) is 7.04. The van der Waals surface area contributed by atoms with Gasteiger partial charge in [-0.05, 0) is 35.2 Å². The first kappa shape index (κ1) is 15.8. The Labute approximate surface area is 134 Å². The Kier molecular flexibility index (Phi) is 5.57. The molecule has 0 bridgehead atoms. The van der Waals surface area contributed by atoms with Gasteiger partial charge in [0.25, 0.3) is 0 Å². The molecular weight excluding hydrogens is 328 g/mol. The third-order valence-electron chi connectivity index (χ3n) is 3.23. The molecule has 0 aliphatic carbocycles. The van der Waals surface area contributed by atoms with E-state index in [1.165, 1.54) is 0 Å². The van der Waals surface area contributed by atoms with Crippen molar-refractivity contribution in [1.82, 2.24) is 0 Å². The van der Waals surface area contributed by atoms with Crippen molar-refractivity contribution in [3.63, 3.8) is 0 Å². The van der Waals surface area contributed by atoms with Crippen LogP contribution in [-0.4, -0.2) is 12.4 Å². The second-order valence-electron chi connectivity index (χ2n) is 5.33. The van der Waals surface area contributed by atoms with Gasteiger partial charge < -0.3 is 4.74 Å². The monoisotopic (exact) mass is 346 g/mol. The summed E-state index contributed by atoms with van der Waals surface area (Å²) >= 11 is 3.47. The topological polar surface area (TPSA) is 26.3 Å². The number of ether oxygens (including phenoxy) is 1. The van der Waals surface area contributed by atoms with Crippen molar-refractivity contribution in [3.8, 4) is 5.75 Å². The summed E-state index contributed by atoms with van der Waals surface area (Å²) in [4.78, 5) is 12.0. The Morgan fingerprint density at radius 1 is 1.14 bits per heavy atom. The fourth-order valence-electron chi connectivity index (χ4n) is 2.13. The molecule has 2 nitrogen and oxygen atoms in total. The molecule has 0 spiro atoms. The van der Waals surface area contributed by atoms with E-state index in [0.717, 1.165) is 21.3 Å². The van der Waals surface area contributed by atoms with Gasteiger partial charge in [-0.25, -0.2) is 0 Å². The molecule has 0 amide bonds. The molecule has 0 N–H and O–H groups in total. The van der Waals surface area contributed by atoms with Gasteiger partial charge in [-0.2, -0.15) is 0 Å². The molecule has 2 aromatic rings. The molecule has 2 aromatic carbocycles. The number of carbonyl (C=O) groups is 1. The molecule has 0 atom stereocenters. The molecule has 0 radical (unpaired) electrons. The fourth-order valence-corrected chi connectivity index (χ4v) is 2.51. The van der Waals surface area contributed by atoms with Crippen LogP contribution in [-0.2, 0) is 11.2 Å². The minimum atomic E-state index is 0.0822. The fraction of sp³-hybridized carbons (Fsp3) is 0.278. The lowest BCUT2D eigenvalue weighted by Gasteiger charge is -2.14. The minimum Gasteiger partial charge on any atom is -0.486 e. The van der Waals surface area contributed by atoms with Crippen LogP contribution >= 0.6 is 15.9 Å². The quantitative estimate of drug-likeness (QED) is 0.753. The van der Waals surface area contributed by atoms with E-state index < -0.39 is 0 Å². The van der Waals surface area contributed by atoms with E-state index >= 15 is 0 Å². The summed E-state index contributed by atoms with van der Waals surface area (Å²) in [7, 11) is 0. The number of carbonyl (C=O) groups excluding carboxylic acids is 1. The molecule has 110 valence electrons. The number of benzene rings is 2. The number of halogens is 1. The van der Waals surface area contributed by atoms with Crippen molar-refractivity contribution in [2.45, 2.75) is 26.2 Å². The Morgan fingerprint density at radius 3 is 2.52 bits per heavy atom. The van der Waals surface area contributed by atoms with Gasteiger partial charge in [0.2, 0.25) is 0 Å². The van der Waals surface area contributed by atoms with Gasteiger partial charge in [0.15, 0.2) is 5.78 Å². The smallest absolute Gasteiger partial charge is 0.174 e. The van der Waals surface area contributed by atoms with Crippen molar-refractivity contribution in [2.75, 3.05) is 6.61 Å². The normalized spacial score (nSPS) is 10.7. The molecule has 0 aliphatic heterocycles. The van der Waals surface area contributed by atoms with Gasteiger partial charge in [-0.3, -0.25) is 4.79 Å². The number of ketones is 1. The van der Waals surface area contributed by atoms with E-state index in [4.69, 9.17) is 4.74 Å². The first-order valence-corrected chi connectivity index (χ1v) is 7.83. The summed E-state index contributed by atoms with van der Waals surface area (Å²) in [6.07, 6.45) is 0.411. The molecular formula is C18H19BrO2. The van der Waals surface area contributed by atoms with E-state index in [1.807, 2.05) is 48.5 Å². The van der Waals surface area contributed by atoms with Crippen molar-refractivity contribution < 1.29 is 9.53 Å². The second-order valence-corrected chi connectivity index (χ2v) is 6.24. The summed E-state index contributed by atoms with van der Waals surface area (Å²) in [6, 6.07) is 15.6. The van der Waals surface area contributed by atoms with Crippen molar-refractivity contribution in [2.24, 2.45) is 0 Å². The Morgan fingerprint density at radius 2 is 1.86 bits per heavy atom. The van der Waals surface area contributed by atoms with Crippen LogP contribution in [0, 0.1) is 0 Å². The Bertz CT molecular complexity index is 606. The first-order chi connectivity index (χ1) is 10.1. The minimum absolute atomic E-state index is 0.0822. The lowest BCUT2D eigenvalue weighted by atomic mass is 10.0. The van der Waals surface area contributed by atoms with Crippen LogP contribution in [0.15, 0.2) is 53.0 Å². The van der Waals surface area contributed by atoms with Crippen molar-refractivity contribution in [1.29, 1.82) is 0 Å². The molecule has 3 heteroatoms. The van der Waals surface area contributed by atoms with E-state index in [9.17, 15) is 4.79 Å². The van der Waals surface area contributed by atoms with Gasteiger partial charge in [-0.1, -0.05) is 60.1 Å². The van der Waals surface area contributed by atoms with Gasteiger partial charge >= 0.3 is 0 Å². The SMILES string of the molecule is CC(C)c1cc(Br)ccc1OCC(=O)Cc1ccccc1. The average molecular weight is 347 g/mol. The molecule has 0 saturated carbocycles. The molecule has 21 heavy (non-hydrogen) atoms. The summed E-state index contributed by atoms with van der Waals surface area (Å²) < 4.78 is 6.74. The lowest BCUT2D eigenvalue weighted by molar-refractivity contribution is -0.120. The number of Topliss-reactive ketones (excluding diaryl/α,β-unsaturated/α-hetero) is 1.